The van der Waals surface area contributed by atoms with E-state index >= 15 is 0 Å². The molecule has 0 radical (unpaired) electrons. The van der Waals surface area contributed by atoms with Crippen LogP contribution in [0.15, 0.2) is 37.4 Å². The first-order chi connectivity index (χ1) is 8.90. The van der Waals surface area contributed by atoms with Gasteiger partial charge in [0.15, 0.2) is 0 Å². The van der Waals surface area contributed by atoms with Gasteiger partial charge in [0.25, 0.3) is 0 Å². The molecule has 1 aromatic rings. The second kappa shape index (κ2) is 7.10. The number of rotatable bonds is 7. The van der Waals surface area contributed by atoms with Crippen LogP contribution in [0.5, 0.6) is 0 Å². The van der Waals surface area contributed by atoms with Crippen molar-refractivity contribution in [3.8, 4) is 0 Å². The summed E-state index contributed by atoms with van der Waals surface area (Å²) in [6.07, 6.45) is 4.95. The highest BCUT2D eigenvalue weighted by Gasteiger charge is 2.25. The average molecular weight is 250 g/mol. The Morgan fingerprint density at radius 3 is 3.06 bits per heavy atom. The summed E-state index contributed by atoms with van der Waals surface area (Å²) >= 11 is 0. The minimum Gasteiger partial charge on any atom is -0.499 e. The smallest absolute Gasteiger partial charge is 0.135 e. The molecule has 5 nitrogen and oxygen atoms in total. The standard InChI is InChI=1S/C13H18N2O3/c1-2-16-7-8-17-10-12-9-15-13(18-12)11-3-5-14-6-4-11/h2-6,12-13,15H,1,7-10H2. The first-order valence-corrected chi connectivity index (χ1v) is 5.99. The van der Waals surface area contributed by atoms with E-state index in [0.29, 0.717) is 19.8 Å². The van der Waals surface area contributed by atoms with Crippen molar-refractivity contribution in [1.82, 2.24) is 10.3 Å². The summed E-state index contributed by atoms with van der Waals surface area (Å²) in [5.41, 5.74) is 1.09. The maximum absolute atomic E-state index is 5.83. The van der Waals surface area contributed by atoms with Gasteiger partial charge in [0.2, 0.25) is 0 Å². The van der Waals surface area contributed by atoms with Gasteiger partial charge >= 0.3 is 0 Å². The predicted octanol–water partition coefficient (Wildman–Crippen LogP) is 1.25. The van der Waals surface area contributed by atoms with E-state index in [-0.39, 0.29) is 12.3 Å². The first-order valence-electron chi connectivity index (χ1n) is 5.99. The number of ether oxygens (including phenoxy) is 3. The molecule has 0 saturated carbocycles. The van der Waals surface area contributed by atoms with Gasteiger partial charge in [-0.2, -0.15) is 0 Å². The fraction of sp³-hybridized carbons (Fsp3) is 0.462. The molecule has 18 heavy (non-hydrogen) atoms. The van der Waals surface area contributed by atoms with Gasteiger partial charge in [0.1, 0.15) is 12.8 Å². The minimum atomic E-state index is -0.0639. The number of nitrogens with one attached hydrogen (secondary N) is 1. The molecule has 0 aromatic carbocycles. The van der Waals surface area contributed by atoms with Crippen LogP contribution in [0.3, 0.4) is 0 Å². The molecule has 5 heteroatoms. The predicted molar refractivity (Wildman–Crippen MR) is 66.8 cm³/mol. The molecule has 1 N–H and O–H groups in total. The molecule has 0 bridgehead atoms. The number of aromatic nitrogens is 1. The summed E-state index contributed by atoms with van der Waals surface area (Å²) < 4.78 is 16.2. The van der Waals surface area contributed by atoms with Crippen LogP contribution in [0.25, 0.3) is 0 Å². The Kier molecular flexibility index (Phi) is 5.14. The van der Waals surface area contributed by atoms with Crippen molar-refractivity contribution in [2.75, 3.05) is 26.4 Å². The highest BCUT2D eigenvalue weighted by molar-refractivity contribution is 5.13. The molecule has 2 atom stereocenters. The Hall–Kier alpha value is -1.43. The van der Waals surface area contributed by atoms with Crippen molar-refractivity contribution in [3.63, 3.8) is 0 Å². The topological polar surface area (TPSA) is 52.6 Å². The summed E-state index contributed by atoms with van der Waals surface area (Å²) in [5, 5.41) is 3.30. The van der Waals surface area contributed by atoms with Crippen molar-refractivity contribution < 1.29 is 14.2 Å². The SMILES string of the molecule is C=COCCOCC1CNC(c2ccncc2)O1. The molecule has 2 rings (SSSR count). The van der Waals surface area contributed by atoms with E-state index in [1.54, 1.807) is 12.4 Å². The van der Waals surface area contributed by atoms with Gasteiger partial charge in [-0.3, -0.25) is 10.3 Å². The molecule has 1 aliphatic heterocycles. The van der Waals surface area contributed by atoms with E-state index in [4.69, 9.17) is 14.2 Å². The molecule has 1 aromatic heterocycles. The van der Waals surface area contributed by atoms with E-state index in [9.17, 15) is 0 Å². The Balaban J connectivity index is 1.67. The van der Waals surface area contributed by atoms with Crippen molar-refractivity contribution >= 4 is 0 Å². The molecular weight excluding hydrogens is 232 g/mol. The molecular formula is C13H18N2O3. The molecule has 0 amide bonds. The molecule has 2 heterocycles. The van der Waals surface area contributed by atoms with Gasteiger partial charge in [0.05, 0.1) is 25.6 Å². The lowest BCUT2D eigenvalue weighted by atomic mass is 10.2. The second-order valence-corrected chi connectivity index (χ2v) is 3.94. The van der Waals surface area contributed by atoms with Gasteiger partial charge < -0.3 is 14.2 Å². The second-order valence-electron chi connectivity index (χ2n) is 3.94. The molecule has 1 saturated heterocycles. The van der Waals surface area contributed by atoms with E-state index in [1.165, 1.54) is 6.26 Å². The van der Waals surface area contributed by atoms with E-state index in [0.717, 1.165) is 12.1 Å². The van der Waals surface area contributed by atoms with E-state index in [1.807, 2.05) is 12.1 Å². The number of nitrogens with zero attached hydrogens (tertiary/aromatic N) is 1. The van der Waals surface area contributed by atoms with Gasteiger partial charge in [-0.05, 0) is 17.7 Å². The number of hydrogen-bond acceptors (Lipinski definition) is 5. The Labute approximate surface area is 107 Å². The Morgan fingerprint density at radius 2 is 2.28 bits per heavy atom. The average Bonchev–Trinajstić information content (AvgIpc) is 2.88. The molecule has 1 aliphatic rings. The van der Waals surface area contributed by atoms with Crippen molar-refractivity contribution in [3.05, 3.63) is 42.9 Å². The third-order valence-corrected chi connectivity index (χ3v) is 2.64. The fourth-order valence-electron chi connectivity index (χ4n) is 1.77. The maximum atomic E-state index is 5.83. The molecule has 98 valence electrons. The van der Waals surface area contributed by atoms with Crippen LogP contribution in [0, 0.1) is 0 Å². The Morgan fingerprint density at radius 1 is 1.44 bits per heavy atom. The normalized spacial score (nSPS) is 22.9. The van der Waals surface area contributed by atoms with Crippen molar-refractivity contribution in [2.24, 2.45) is 0 Å². The van der Waals surface area contributed by atoms with E-state index < -0.39 is 0 Å². The molecule has 2 unspecified atom stereocenters. The lowest BCUT2D eigenvalue weighted by Crippen LogP contribution is -2.21. The summed E-state index contributed by atoms with van der Waals surface area (Å²) in [4.78, 5) is 3.98. The molecule has 0 aliphatic carbocycles. The highest BCUT2D eigenvalue weighted by atomic mass is 16.6. The highest BCUT2D eigenvalue weighted by Crippen LogP contribution is 2.20. The van der Waals surface area contributed by atoms with Crippen LogP contribution in [0.1, 0.15) is 11.8 Å². The first kappa shape index (κ1) is 13.0. The number of pyridine rings is 1. The molecule has 0 spiro atoms. The summed E-state index contributed by atoms with van der Waals surface area (Å²) in [6, 6.07) is 3.89. The van der Waals surface area contributed by atoms with Crippen LogP contribution >= 0.6 is 0 Å². The third-order valence-electron chi connectivity index (χ3n) is 2.64. The Bertz CT molecular complexity index is 359. The summed E-state index contributed by atoms with van der Waals surface area (Å²) in [7, 11) is 0. The maximum Gasteiger partial charge on any atom is 0.135 e. The zero-order valence-corrected chi connectivity index (χ0v) is 10.2. The van der Waals surface area contributed by atoms with Gasteiger partial charge in [-0.15, -0.1) is 0 Å². The van der Waals surface area contributed by atoms with Gasteiger partial charge in [0, 0.05) is 18.9 Å². The zero-order chi connectivity index (χ0) is 12.6. The van der Waals surface area contributed by atoms with Crippen LogP contribution in [0.4, 0.5) is 0 Å². The van der Waals surface area contributed by atoms with Crippen LogP contribution < -0.4 is 5.32 Å². The third kappa shape index (κ3) is 3.80. The van der Waals surface area contributed by atoms with Crippen LogP contribution in [-0.4, -0.2) is 37.5 Å². The van der Waals surface area contributed by atoms with Gasteiger partial charge in [-0.1, -0.05) is 6.58 Å². The monoisotopic (exact) mass is 250 g/mol. The lowest BCUT2D eigenvalue weighted by Gasteiger charge is -2.13. The lowest BCUT2D eigenvalue weighted by molar-refractivity contribution is -0.0226. The van der Waals surface area contributed by atoms with Crippen LogP contribution in [0.2, 0.25) is 0 Å². The summed E-state index contributed by atoms with van der Waals surface area (Å²) in [5.74, 6) is 0. The quantitative estimate of drug-likeness (QED) is 0.583. The van der Waals surface area contributed by atoms with Crippen LogP contribution in [-0.2, 0) is 14.2 Å². The van der Waals surface area contributed by atoms with Crippen molar-refractivity contribution in [1.29, 1.82) is 0 Å². The fourth-order valence-corrected chi connectivity index (χ4v) is 1.77. The zero-order valence-electron chi connectivity index (χ0n) is 10.2. The largest absolute Gasteiger partial charge is 0.499 e. The van der Waals surface area contributed by atoms with Gasteiger partial charge in [-0.25, -0.2) is 0 Å². The number of hydrogen-bond donors (Lipinski definition) is 1. The summed E-state index contributed by atoms with van der Waals surface area (Å²) in [6.45, 7) is 5.89. The van der Waals surface area contributed by atoms with Crippen molar-refractivity contribution in [2.45, 2.75) is 12.3 Å². The minimum absolute atomic E-state index is 0.0639. The molecule has 1 fully saturated rings. The van der Waals surface area contributed by atoms with E-state index in [2.05, 4.69) is 16.9 Å².